The number of piperidine rings is 1. The van der Waals surface area contributed by atoms with Gasteiger partial charge in [0.2, 0.25) is 5.91 Å². The molecule has 0 bridgehead atoms. The van der Waals surface area contributed by atoms with Crippen LogP contribution in [0.15, 0.2) is 54.7 Å². The molecule has 6 heteroatoms. The van der Waals surface area contributed by atoms with Crippen molar-refractivity contribution in [2.24, 2.45) is 0 Å². The van der Waals surface area contributed by atoms with Crippen LogP contribution in [0.5, 0.6) is 0 Å². The standard InChI is InChI=1S/C26H32ClN3O2/c1-3-24(31)30(21-8-5-4-6-9-21)26(19-32-2)13-16-29(17-14-26)15-12-20-18-28-23-11-7-10-22(27)25(20)23/h4-11,18,28H,3,12-17,19H2,1-2H3. The van der Waals surface area contributed by atoms with Crippen molar-refractivity contribution in [3.05, 3.63) is 65.3 Å². The van der Waals surface area contributed by atoms with E-state index in [9.17, 15) is 4.79 Å². The second-order valence-electron chi connectivity index (χ2n) is 8.64. The van der Waals surface area contributed by atoms with E-state index in [4.69, 9.17) is 16.3 Å². The summed E-state index contributed by atoms with van der Waals surface area (Å²) in [5.41, 5.74) is 2.98. The number of para-hydroxylation sites is 1. The minimum Gasteiger partial charge on any atom is -0.382 e. The summed E-state index contributed by atoms with van der Waals surface area (Å²) in [7, 11) is 1.73. The number of anilines is 1. The average molecular weight is 454 g/mol. The van der Waals surface area contributed by atoms with Gasteiger partial charge in [-0.05, 0) is 49.1 Å². The van der Waals surface area contributed by atoms with Crippen LogP contribution in [0.4, 0.5) is 5.69 Å². The normalized spacial score (nSPS) is 16.3. The number of aromatic nitrogens is 1. The van der Waals surface area contributed by atoms with Crippen LogP contribution >= 0.6 is 11.6 Å². The van der Waals surface area contributed by atoms with Crippen LogP contribution < -0.4 is 4.90 Å². The van der Waals surface area contributed by atoms with Crippen LogP contribution in [0.3, 0.4) is 0 Å². The van der Waals surface area contributed by atoms with Gasteiger partial charge in [-0.1, -0.05) is 42.8 Å². The average Bonchev–Trinajstić information content (AvgIpc) is 3.24. The minimum absolute atomic E-state index is 0.148. The number of methoxy groups -OCH3 is 1. The highest BCUT2D eigenvalue weighted by Gasteiger charge is 2.42. The molecule has 5 nitrogen and oxygen atoms in total. The van der Waals surface area contributed by atoms with Gasteiger partial charge < -0.3 is 19.5 Å². The van der Waals surface area contributed by atoms with Crippen molar-refractivity contribution in [3.8, 4) is 0 Å². The van der Waals surface area contributed by atoms with E-state index < -0.39 is 0 Å². The Labute approximate surface area is 195 Å². The van der Waals surface area contributed by atoms with E-state index in [1.807, 2.05) is 54.3 Å². The highest BCUT2D eigenvalue weighted by atomic mass is 35.5. The number of H-pyrrole nitrogens is 1. The number of fused-ring (bicyclic) bond motifs is 1. The van der Waals surface area contributed by atoms with Crippen molar-refractivity contribution in [2.75, 3.05) is 38.3 Å². The molecular formula is C26H32ClN3O2. The summed E-state index contributed by atoms with van der Waals surface area (Å²) in [6, 6.07) is 16.0. The number of ether oxygens (including phenoxy) is 1. The molecule has 1 aliphatic heterocycles. The molecule has 0 spiro atoms. The topological polar surface area (TPSA) is 48.6 Å². The van der Waals surface area contributed by atoms with Gasteiger partial charge in [-0.15, -0.1) is 0 Å². The van der Waals surface area contributed by atoms with Crippen molar-refractivity contribution in [3.63, 3.8) is 0 Å². The summed E-state index contributed by atoms with van der Waals surface area (Å²) < 4.78 is 5.67. The summed E-state index contributed by atoms with van der Waals surface area (Å²) >= 11 is 6.45. The molecule has 1 fully saturated rings. The van der Waals surface area contributed by atoms with Crippen LogP contribution in [-0.4, -0.2) is 54.7 Å². The zero-order chi connectivity index (χ0) is 22.6. The molecule has 32 heavy (non-hydrogen) atoms. The number of nitrogens with zero attached hydrogens (tertiary/aromatic N) is 2. The van der Waals surface area contributed by atoms with Crippen molar-refractivity contribution in [1.82, 2.24) is 9.88 Å². The Morgan fingerprint density at radius 2 is 1.91 bits per heavy atom. The van der Waals surface area contributed by atoms with E-state index >= 15 is 0 Å². The maximum Gasteiger partial charge on any atom is 0.227 e. The van der Waals surface area contributed by atoms with Gasteiger partial charge in [0.05, 0.1) is 17.2 Å². The molecule has 0 aliphatic carbocycles. The summed E-state index contributed by atoms with van der Waals surface area (Å²) in [5, 5.41) is 1.93. The van der Waals surface area contributed by atoms with Gasteiger partial charge in [0.1, 0.15) is 0 Å². The van der Waals surface area contributed by atoms with E-state index in [1.165, 1.54) is 5.56 Å². The number of hydrogen-bond donors (Lipinski definition) is 1. The lowest BCUT2D eigenvalue weighted by molar-refractivity contribution is -0.120. The molecule has 4 rings (SSSR count). The molecule has 0 atom stereocenters. The predicted molar refractivity (Wildman–Crippen MR) is 132 cm³/mol. The van der Waals surface area contributed by atoms with E-state index in [0.29, 0.717) is 13.0 Å². The molecule has 0 unspecified atom stereocenters. The number of carbonyl (C=O) groups is 1. The second-order valence-corrected chi connectivity index (χ2v) is 9.05. The number of halogens is 1. The third kappa shape index (κ3) is 4.56. The first-order valence-electron chi connectivity index (χ1n) is 11.4. The van der Waals surface area contributed by atoms with E-state index in [2.05, 4.69) is 22.1 Å². The first kappa shape index (κ1) is 22.8. The Morgan fingerprint density at radius 3 is 2.59 bits per heavy atom. The zero-order valence-electron chi connectivity index (χ0n) is 18.9. The lowest BCUT2D eigenvalue weighted by atomic mass is 9.85. The fourth-order valence-electron chi connectivity index (χ4n) is 5.00. The monoisotopic (exact) mass is 453 g/mol. The Hall–Kier alpha value is -2.34. The summed E-state index contributed by atoms with van der Waals surface area (Å²) in [5.74, 6) is 0.148. The first-order valence-corrected chi connectivity index (χ1v) is 11.8. The fraction of sp³-hybridized carbons (Fsp3) is 0.423. The van der Waals surface area contributed by atoms with Gasteiger partial charge in [-0.3, -0.25) is 4.79 Å². The lowest BCUT2D eigenvalue weighted by Gasteiger charge is -2.48. The number of likely N-dealkylation sites (tertiary alicyclic amines) is 1. The molecule has 1 aliphatic rings. The maximum atomic E-state index is 13.1. The molecule has 1 aromatic heterocycles. The smallest absolute Gasteiger partial charge is 0.227 e. The van der Waals surface area contributed by atoms with Crippen molar-refractivity contribution in [1.29, 1.82) is 0 Å². The van der Waals surface area contributed by atoms with Gasteiger partial charge in [0.25, 0.3) is 0 Å². The van der Waals surface area contributed by atoms with Crippen LogP contribution in [0.2, 0.25) is 5.02 Å². The van der Waals surface area contributed by atoms with E-state index in [1.54, 1.807) is 7.11 Å². The van der Waals surface area contributed by atoms with Gasteiger partial charge in [-0.2, -0.15) is 0 Å². The highest BCUT2D eigenvalue weighted by Crippen LogP contribution is 2.35. The van der Waals surface area contributed by atoms with Crippen LogP contribution in [-0.2, 0) is 16.0 Å². The molecule has 3 aromatic rings. The van der Waals surface area contributed by atoms with Gasteiger partial charge in [-0.25, -0.2) is 0 Å². The Balaban J connectivity index is 1.48. The summed E-state index contributed by atoms with van der Waals surface area (Å²) in [6.07, 6.45) is 5.27. The number of hydrogen-bond acceptors (Lipinski definition) is 3. The lowest BCUT2D eigenvalue weighted by Crippen LogP contribution is -2.60. The van der Waals surface area contributed by atoms with Crippen molar-refractivity contribution >= 4 is 34.1 Å². The molecule has 1 saturated heterocycles. The minimum atomic E-state index is -0.316. The predicted octanol–water partition coefficient (Wildman–Crippen LogP) is 5.29. The third-order valence-corrected chi connectivity index (χ3v) is 6.99. The second kappa shape index (κ2) is 10.1. The SMILES string of the molecule is CCC(=O)N(c1ccccc1)C1(COC)CCN(CCc2c[nH]c3cccc(Cl)c23)CC1. The molecule has 0 saturated carbocycles. The number of nitrogens with one attached hydrogen (secondary N) is 1. The summed E-state index contributed by atoms with van der Waals surface area (Å²) in [4.78, 5) is 20.9. The third-order valence-electron chi connectivity index (χ3n) is 6.67. The van der Waals surface area contributed by atoms with E-state index in [-0.39, 0.29) is 11.4 Å². The number of benzene rings is 2. The molecule has 1 N–H and O–H groups in total. The molecule has 2 heterocycles. The van der Waals surface area contributed by atoms with Crippen LogP contribution in [0.1, 0.15) is 31.7 Å². The fourth-order valence-corrected chi connectivity index (χ4v) is 5.29. The quantitative estimate of drug-likeness (QED) is 0.504. The number of carbonyl (C=O) groups excluding carboxylic acids is 1. The number of rotatable bonds is 8. The van der Waals surface area contributed by atoms with Crippen LogP contribution in [0, 0.1) is 0 Å². The van der Waals surface area contributed by atoms with Gasteiger partial charge >= 0.3 is 0 Å². The molecule has 2 aromatic carbocycles. The molecule has 170 valence electrons. The first-order chi connectivity index (χ1) is 15.6. The maximum absolute atomic E-state index is 13.1. The molecule has 0 radical (unpaired) electrons. The van der Waals surface area contributed by atoms with Crippen molar-refractivity contribution < 1.29 is 9.53 Å². The molecule has 1 amide bonds. The Bertz CT molecular complexity index is 1040. The van der Waals surface area contributed by atoms with Crippen LogP contribution in [0.25, 0.3) is 10.9 Å². The van der Waals surface area contributed by atoms with E-state index in [0.717, 1.165) is 60.5 Å². The zero-order valence-corrected chi connectivity index (χ0v) is 19.7. The molecular weight excluding hydrogens is 422 g/mol. The Morgan fingerprint density at radius 1 is 1.16 bits per heavy atom. The van der Waals surface area contributed by atoms with Gasteiger partial charge in [0, 0.05) is 56.0 Å². The number of aromatic amines is 1. The highest BCUT2D eigenvalue weighted by molar-refractivity contribution is 6.35. The number of amides is 1. The van der Waals surface area contributed by atoms with Crippen molar-refractivity contribution in [2.45, 2.75) is 38.1 Å². The Kier molecular flexibility index (Phi) is 7.19. The largest absolute Gasteiger partial charge is 0.382 e. The van der Waals surface area contributed by atoms with Gasteiger partial charge in [0.15, 0.2) is 0 Å². The summed E-state index contributed by atoms with van der Waals surface area (Å²) in [6.45, 7) is 5.30.